The second kappa shape index (κ2) is 16.5. The van der Waals surface area contributed by atoms with Crippen molar-refractivity contribution in [3.63, 3.8) is 0 Å². The third-order valence-electron chi connectivity index (χ3n) is 7.55. The number of amides is 3. The van der Waals surface area contributed by atoms with Gasteiger partial charge < -0.3 is 47.2 Å². The Kier molecular flexibility index (Phi) is 13.8. The van der Waals surface area contributed by atoms with Gasteiger partial charge >= 0.3 is 5.97 Å². The fourth-order valence-electron chi connectivity index (χ4n) is 5.06. The van der Waals surface area contributed by atoms with E-state index in [1.807, 2.05) is 13.8 Å². The van der Waals surface area contributed by atoms with Crippen LogP contribution in [0.25, 0.3) is 0 Å². The number of nitrogens with two attached hydrogens (primary N) is 1. The van der Waals surface area contributed by atoms with Gasteiger partial charge in [0.05, 0.1) is 30.7 Å². The van der Waals surface area contributed by atoms with Gasteiger partial charge in [0, 0.05) is 0 Å². The first-order valence-electron chi connectivity index (χ1n) is 14.4. The summed E-state index contributed by atoms with van der Waals surface area (Å²) in [7, 11) is 0. The highest BCUT2D eigenvalue weighted by atomic mass is 16.4. The number of aliphatic hydroxyl groups excluding tert-OH is 4. The van der Waals surface area contributed by atoms with Crippen LogP contribution in [0.5, 0.6) is 0 Å². The van der Waals surface area contributed by atoms with Crippen molar-refractivity contribution < 1.29 is 44.7 Å². The molecule has 6 unspecified atom stereocenters. The maximum atomic E-state index is 13.2. The molecule has 0 spiro atoms. The van der Waals surface area contributed by atoms with Crippen LogP contribution in [-0.4, -0.2) is 91.8 Å². The minimum Gasteiger partial charge on any atom is -0.481 e. The van der Waals surface area contributed by atoms with Gasteiger partial charge in [0.25, 0.3) is 5.91 Å². The molecule has 1 aliphatic carbocycles. The van der Waals surface area contributed by atoms with Crippen LogP contribution < -0.4 is 21.7 Å². The lowest BCUT2D eigenvalue weighted by Crippen LogP contribution is -2.62. The lowest BCUT2D eigenvalue weighted by molar-refractivity contribution is -0.145. The second-order valence-corrected chi connectivity index (χ2v) is 11.5. The van der Waals surface area contributed by atoms with Crippen molar-refractivity contribution in [1.82, 2.24) is 16.0 Å². The molecule has 236 valence electrons. The van der Waals surface area contributed by atoms with Gasteiger partial charge in [0.15, 0.2) is 6.10 Å². The molecule has 0 aromatic heterocycles. The molecule has 0 aliphatic heterocycles. The number of hydrogen-bond donors (Lipinski definition) is 9. The van der Waals surface area contributed by atoms with Crippen molar-refractivity contribution in [1.29, 1.82) is 0 Å². The topological polar surface area (TPSA) is 232 Å². The number of benzene rings is 1. The molecular formula is C29H46N4O9. The summed E-state index contributed by atoms with van der Waals surface area (Å²) in [5.41, 5.74) is 5.73. The van der Waals surface area contributed by atoms with Crippen LogP contribution in [0.15, 0.2) is 30.3 Å². The smallest absolute Gasteiger partial charge is 0.305 e. The molecule has 13 heteroatoms. The Hall–Kier alpha value is -3.10. The number of aliphatic carboxylic acids is 1. The van der Waals surface area contributed by atoms with Crippen molar-refractivity contribution in [2.45, 2.75) is 107 Å². The van der Waals surface area contributed by atoms with Crippen molar-refractivity contribution in [2.24, 2.45) is 11.7 Å². The summed E-state index contributed by atoms with van der Waals surface area (Å²) in [6.07, 6.45) is -2.21. The van der Waals surface area contributed by atoms with Crippen molar-refractivity contribution in [3.8, 4) is 0 Å². The second-order valence-electron chi connectivity index (χ2n) is 11.5. The first-order chi connectivity index (χ1) is 19.8. The Morgan fingerprint density at radius 2 is 1.48 bits per heavy atom. The number of carbonyl (C=O) groups excluding carboxylic acids is 3. The van der Waals surface area contributed by atoms with E-state index in [1.54, 1.807) is 30.3 Å². The third-order valence-corrected chi connectivity index (χ3v) is 7.55. The van der Waals surface area contributed by atoms with Gasteiger partial charge in [0.1, 0.15) is 18.2 Å². The first-order valence-corrected chi connectivity index (χ1v) is 14.4. The maximum absolute atomic E-state index is 13.2. The highest BCUT2D eigenvalue weighted by Gasteiger charge is 2.39. The lowest BCUT2D eigenvalue weighted by atomic mass is 9.89. The van der Waals surface area contributed by atoms with E-state index in [9.17, 15) is 44.7 Å². The Balaban J connectivity index is 2.09. The van der Waals surface area contributed by atoms with Crippen LogP contribution in [0, 0.1) is 5.92 Å². The fourth-order valence-corrected chi connectivity index (χ4v) is 5.06. The van der Waals surface area contributed by atoms with Crippen LogP contribution >= 0.6 is 0 Å². The minimum atomic E-state index is -2.23. The number of nitrogens with one attached hydrogen (secondary N) is 3. The van der Waals surface area contributed by atoms with Gasteiger partial charge in [-0.15, -0.1) is 0 Å². The Morgan fingerprint density at radius 3 is 2.00 bits per heavy atom. The highest BCUT2D eigenvalue weighted by molar-refractivity contribution is 5.92. The molecule has 0 heterocycles. The first kappa shape index (κ1) is 35.1. The zero-order valence-electron chi connectivity index (χ0n) is 24.2. The van der Waals surface area contributed by atoms with Crippen molar-refractivity contribution >= 4 is 23.7 Å². The summed E-state index contributed by atoms with van der Waals surface area (Å²) >= 11 is 0. The van der Waals surface area contributed by atoms with Crippen LogP contribution in [0.3, 0.4) is 0 Å². The zero-order chi connectivity index (χ0) is 31.4. The molecule has 10 N–H and O–H groups in total. The number of rotatable bonds is 15. The summed E-state index contributed by atoms with van der Waals surface area (Å²) in [4.78, 5) is 50.3. The molecule has 0 saturated heterocycles. The van der Waals surface area contributed by atoms with Gasteiger partial charge in [-0.25, -0.2) is 0 Å². The molecule has 13 nitrogen and oxygen atoms in total. The number of aliphatic hydroxyl groups is 4. The number of carboxylic acids is 1. The van der Waals surface area contributed by atoms with Gasteiger partial charge in [-0.2, -0.15) is 0 Å². The monoisotopic (exact) mass is 594 g/mol. The van der Waals surface area contributed by atoms with Gasteiger partial charge in [-0.05, 0) is 30.7 Å². The number of hydrogen-bond acceptors (Lipinski definition) is 9. The van der Waals surface area contributed by atoms with Gasteiger partial charge in [0.2, 0.25) is 11.8 Å². The summed E-state index contributed by atoms with van der Waals surface area (Å²) in [5, 5.41) is 58.3. The van der Waals surface area contributed by atoms with E-state index in [0.717, 1.165) is 25.7 Å². The van der Waals surface area contributed by atoms with E-state index in [-0.39, 0.29) is 12.3 Å². The van der Waals surface area contributed by atoms with E-state index in [4.69, 9.17) is 5.73 Å². The molecule has 2 rings (SSSR count). The fraction of sp³-hybridized carbons (Fsp3) is 0.655. The van der Waals surface area contributed by atoms with Crippen molar-refractivity contribution in [2.75, 3.05) is 6.61 Å². The predicted molar refractivity (Wildman–Crippen MR) is 153 cm³/mol. The molecule has 0 bridgehead atoms. The third kappa shape index (κ3) is 10.3. The van der Waals surface area contributed by atoms with E-state index in [1.165, 1.54) is 0 Å². The molecule has 1 aromatic rings. The maximum Gasteiger partial charge on any atom is 0.305 e. The van der Waals surface area contributed by atoms with E-state index < -0.39 is 78.7 Å². The molecule has 1 saturated carbocycles. The lowest BCUT2D eigenvalue weighted by Gasteiger charge is -2.32. The molecule has 1 aliphatic rings. The minimum absolute atomic E-state index is 0.0270. The Labute approximate surface area is 245 Å². The van der Waals surface area contributed by atoms with E-state index in [2.05, 4.69) is 16.0 Å². The van der Waals surface area contributed by atoms with Crippen molar-refractivity contribution in [3.05, 3.63) is 35.9 Å². The molecule has 0 radical (unpaired) electrons. The quantitative estimate of drug-likeness (QED) is 0.118. The van der Waals surface area contributed by atoms with E-state index >= 15 is 0 Å². The number of carboxylic acid groups (broad SMARTS) is 1. The largest absolute Gasteiger partial charge is 0.481 e. The van der Waals surface area contributed by atoms with Gasteiger partial charge in [-0.3, -0.25) is 19.2 Å². The zero-order valence-corrected chi connectivity index (χ0v) is 24.2. The normalized spacial score (nSPS) is 19.3. The average molecular weight is 595 g/mol. The Bertz CT molecular complexity index is 1030. The van der Waals surface area contributed by atoms with Crippen LogP contribution in [0.4, 0.5) is 0 Å². The summed E-state index contributed by atoms with van der Waals surface area (Å²) in [6.45, 7) is 2.83. The molecule has 1 fully saturated rings. The molecule has 3 amide bonds. The van der Waals surface area contributed by atoms with Gasteiger partial charge in [-0.1, -0.05) is 69.9 Å². The van der Waals surface area contributed by atoms with Crippen LogP contribution in [0.1, 0.15) is 76.8 Å². The average Bonchev–Trinajstić information content (AvgIpc) is 3.19. The highest BCUT2D eigenvalue weighted by Crippen LogP contribution is 2.25. The molecule has 1 aromatic carbocycles. The summed E-state index contributed by atoms with van der Waals surface area (Å²) in [5.74, 6) is -3.62. The molecule has 42 heavy (non-hydrogen) atoms. The summed E-state index contributed by atoms with van der Waals surface area (Å²) < 4.78 is 0. The van der Waals surface area contributed by atoms with Crippen LogP contribution in [0.2, 0.25) is 0 Å². The SMILES string of the molecule is CC(C)CC(NC(=O)C1(N)CCCCCC1)C(=O)NC(CO)C(O)C(O)C(O)C(=O)NC(CC(=O)O)c1ccccc1. The number of carbonyl (C=O) groups is 4. The predicted octanol–water partition coefficient (Wildman–Crippen LogP) is -0.539. The molecular weight excluding hydrogens is 548 g/mol. The summed E-state index contributed by atoms with van der Waals surface area (Å²) in [6, 6.07) is 4.52. The standard InChI is InChI=1S/C29H46N4O9/c1-17(2)14-20(33-28(42)29(30)12-8-3-4-9-13-29)26(40)32-21(16-34)23(37)24(38)25(39)27(41)31-19(15-22(35)36)18-10-6-5-7-11-18/h5-7,10-11,17,19-21,23-25,34,37-39H,3-4,8-9,12-16,30H2,1-2H3,(H,31,41)(H,32,40)(H,33,42)(H,35,36). The van der Waals surface area contributed by atoms with E-state index in [0.29, 0.717) is 18.4 Å². The van der Waals surface area contributed by atoms with Crippen LogP contribution in [-0.2, 0) is 19.2 Å². The molecule has 6 atom stereocenters. The Morgan fingerprint density at radius 1 is 0.881 bits per heavy atom.